The van der Waals surface area contributed by atoms with Gasteiger partial charge in [0.25, 0.3) is 5.56 Å². The highest BCUT2D eigenvalue weighted by atomic mass is 35.5. The highest BCUT2D eigenvalue weighted by Gasteiger charge is 2.43. The number of anilines is 1. The number of nitrogens with zero attached hydrogens (tertiary/aromatic N) is 3. The van der Waals surface area contributed by atoms with Gasteiger partial charge in [0, 0.05) is 25.3 Å². The second-order valence-electron chi connectivity index (χ2n) is 7.97. The average Bonchev–Trinajstić information content (AvgIpc) is 3.23. The number of fused-ring (bicyclic) bond motifs is 1. The minimum Gasteiger partial charge on any atom is -0.324 e. The summed E-state index contributed by atoms with van der Waals surface area (Å²) >= 11 is 6.05. The number of aryl methyl sites for hydroxylation is 2. The molecule has 4 rings (SSSR count). The summed E-state index contributed by atoms with van der Waals surface area (Å²) in [5, 5.41) is 3.87. The lowest BCUT2D eigenvalue weighted by atomic mass is 9.78. The second kappa shape index (κ2) is 7.40. The van der Waals surface area contributed by atoms with E-state index >= 15 is 0 Å². The summed E-state index contributed by atoms with van der Waals surface area (Å²) in [7, 11) is 2.98. The quantitative estimate of drug-likeness (QED) is 0.697. The van der Waals surface area contributed by atoms with Crippen LogP contribution >= 0.6 is 11.6 Å². The molecule has 7 nitrogen and oxygen atoms in total. The van der Waals surface area contributed by atoms with Crippen molar-refractivity contribution in [1.29, 1.82) is 0 Å². The fourth-order valence-corrected chi connectivity index (χ4v) is 4.54. The Bertz CT molecular complexity index is 1270. The van der Waals surface area contributed by atoms with Crippen molar-refractivity contribution in [2.75, 3.05) is 5.32 Å². The lowest BCUT2D eigenvalue weighted by Crippen LogP contribution is -2.40. The molecule has 3 aromatic rings. The third kappa shape index (κ3) is 3.04. The molecule has 30 heavy (non-hydrogen) atoms. The monoisotopic (exact) mass is 426 g/mol. The Labute approximate surface area is 178 Å². The van der Waals surface area contributed by atoms with E-state index in [9.17, 15) is 14.4 Å². The molecule has 1 saturated carbocycles. The summed E-state index contributed by atoms with van der Waals surface area (Å²) < 4.78 is 2.35. The Balaban J connectivity index is 1.87. The van der Waals surface area contributed by atoms with Crippen LogP contribution in [0.5, 0.6) is 0 Å². The largest absolute Gasteiger partial charge is 0.332 e. The Hall–Kier alpha value is -2.93. The van der Waals surface area contributed by atoms with Crippen molar-refractivity contribution >= 4 is 34.2 Å². The minimum atomic E-state index is -0.682. The van der Waals surface area contributed by atoms with Gasteiger partial charge in [0.1, 0.15) is 5.39 Å². The van der Waals surface area contributed by atoms with Crippen LogP contribution in [0.2, 0.25) is 5.02 Å². The van der Waals surface area contributed by atoms with Crippen LogP contribution in [0.3, 0.4) is 0 Å². The smallest absolute Gasteiger partial charge is 0.324 e. The van der Waals surface area contributed by atoms with Gasteiger partial charge >= 0.3 is 5.69 Å². The van der Waals surface area contributed by atoms with Crippen LogP contribution < -0.4 is 16.6 Å². The van der Waals surface area contributed by atoms with E-state index in [1.165, 1.54) is 11.6 Å². The van der Waals surface area contributed by atoms with Crippen LogP contribution in [0.15, 0.2) is 40.1 Å². The van der Waals surface area contributed by atoms with Gasteiger partial charge in [0.2, 0.25) is 5.91 Å². The van der Waals surface area contributed by atoms with Gasteiger partial charge in [-0.25, -0.2) is 9.78 Å². The molecule has 0 aliphatic heterocycles. The van der Waals surface area contributed by atoms with Crippen LogP contribution in [-0.2, 0) is 24.3 Å². The highest BCUT2D eigenvalue weighted by molar-refractivity contribution is 6.30. The first-order valence-corrected chi connectivity index (χ1v) is 10.3. The number of hydrogen-bond donors (Lipinski definition) is 1. The van der Waals surface area contributed by atoms with Crippen LogP contribution in [0.4, 0.5) is 5.69 Å². The first-order chi connectivity index (χ1) is 14.3. The Morgan fingerprint density at radius 3 is 2.37 bits per heavy atom. The standard InChI is InChI=1S/C22H23ClN4O3/c1-13-12-24-18-16(19(28)27(3)21(30)26(18)2)17(13)25-20(29)22(10-4-5-11-22)14-6-8-15(23)9-7-14/h6-9,12H,4-5,10-11H2,1-3H3,(H,24,25,29). The first kappa shape index (κ1) is 20.3. The molecule has 2 heterocycles. The fraction of sp³-hybridized carbons (Fsp3) is 0.364. The lowest BCUT2D eigenvalue weighted by molar-refractivity contribution is -0.121. The number of amides is 1. The highest BCUT2D eigenvalue weighted by Crippen LogP contribution is 2.42. The van der Waals surface area contributed by atoms with E-state index in [0.717, 1.165) is 35.8 Å². The molecule has 0 spiro atoms. The molecule has 1 aliphatic rings. The summed E-state index contributed by atoms with van der Waals surface area (Å²) in [5.41, 5.74) is 0.603. The van der Waals surface area contributed by atoms with Gasteiger partial charge in [-0.3, -0.25) is 18.7 Å². The molecule has 1 amide bonds. The van der Waals surface area contributed by atoms with Crippen molar-refractivity contribution in [3.05, 3.63) is 67.4 Å². The van der Waals surface area contributed by atoms with Crippen LogP contribution in [-0.4, -0.2) is 20.0 Å². The molecule has 2 aromatic heterocycles. The zero-order valence-corrected chi connectivity index (χ0v) is 17.9. The second-order valence-corrected chi connectivity index (χ2v) is 8.41. The van der Waals surface area contributed by atoms with E-state index in [1.54, 1.807) is 32.3 Å². The molecule has 0 radical (unpaired) electrons. The fourth-order valence-electron chi connectivity index (χ4n) is 4.41. The molecule has 1 aliphatic carbocycles. The number of halogens is 1. The summed E-state index contributed by atoms with van der Waals surface area (Å²) in [6, 6.07) is 7.38. The molecular weight excluding hydrogens is 404 g/mol. The summed E-state index contributed by atoms with van der Waals surface area (Å²) in [6.45, 7) is 1.79. The zero-order valence-electron chi connectivity index (χ0n) is 17.2. The van der Waals surface area contributed by atoms with Crippen LogP contribution in [0.25, 0.3) is 11.0 Å². The predicted octanol–water partition coefficient (Wildman–Crippen LogP) is 3.04. The summed E-state index contributed by atoms with van der Waals surface area (Å²) in [6.07, 6.45) is 4.91. The maximum absolute atomic E-state index is 13.6. The van der Waals surface area contributed by atoms with Crippen LogP contribution in [0.1, 0.15) is 36.8 Å². The Morgan fingerprint density at radius 2 is 1.73 bits per heavy atom. The Morgan fingerprint density at radius 1 is 1.10 bits per heavy atom. The lowest BCUT2D eigenvalue weighted by Gasteiger charge is -2.29. The van der Waals surface area contributed by atoms with E-state index in [0.29, 0.717) is 16.3 Å². The molecule has 156 valence electrons. The number of carbonyl (C=O) groups excluding carboxylic acids is 1. The van der Waals surface area contributed by atoms with E-state index in [-0.39, 0.29) is 16.9 Å². The zero-order chi connectivity index (χ0) is 21.6. The van der Waals surface area contributed by atoms with Gasteiger partial charge in [-0.15, -0.1) is 0 Å². The van der Waals surface area contributed by atoms with Crippen molar-refractivity contribution in [2.45, 2.75) is 38.0 Å². The predicted molar refractivity (Wildman–Crippen MR) is 117 cm³/mol. The molecular formula is C22H23ClN4O3. The molecule has 0 saturated heterocycles. The molecule has 8 heteroatoms. The van der Waals surface area contributed by atoms with E-state index in [2.05, 4.69) is 10.3 Å². The van der Waals surface area contributed by atoms with Crippen molar-refractivity contribution in [3.63, 3.8) is 0 Å². The normalized spacial score (nSPS) is 15.5. The number of aromatic nitrogens is 3. The summed E-state index contributed by atoms with van der Waals surface area (Å²) in [4.78, 5) is 43.1. The molecule has 0 atom stereocenters. The summed E-state index contributed by atoms with van der Waals surface area (Å²) in [5.74, 6) is -0.158. The molecule has 1 fully saturated rings. The van der Waals surface area contributed by atoms with Crippen molar-refractivity contribution < 1.29 is 4.79 Å². The average molecular weight is 427 g/mol. The van der Waals surface area contributed by atoms with Crippen LogP contribution in [0, 0.1) is 6.92 Å². The third-order valence-corrected chi connectivity index (χ3v) is 6.44. The van der Waals surface area contributed by atoms with Gasteiger partial charge < -0.3 is 5.32 Å². The SMILES string of the molecule is Cc1cnc2c(c1NC(=O)C1(c3ccc(Cl)cc3)CCCC1)c(=O)n(C)c(=O)n2C. The van der Waals surface area contributed by atoms with Gasteiger partial charge in [-0.2, -0.15) is 0 Å². The maximum atomic E-state index is 13.6. The molecule has 1 N–H and O–H groups in total. The number of benzene rings is 1. The maximum Gasteiger partial charge on any atom is 0.332 e. The first-order valence-electron chi connectivity index (χ1n) is 9.89. The van der Waals surface area contributed by atoms with Gasteiger partial charge in [0.05, 0.1) is 11.1 Å². The van der Waals surface area contributed by atoms with Gasteiger partial charge in [-0.1, -0.05) is 36.6 Å². The molecule has 0 bridgehead atoms. The van der Waals surface area contributed by atoms with Crippen molar-refractivity contribution in [2.24, 2.45) is 14.1 Å². The van der Waals surface area contributed by atoms with Gasteiger partial charge in [0.15, 0.2) is 5.65 Å². The van der Waals surface area contributed by atoms with E-state index < -0.39 is 16.7 Å². The van der Waals surface area contributed by atoms with E-state index in [4.69, 9.17) is 11.6 Å². The number of rotatable bonds is 3. The Kier molecular flexibility index (Phi) is 5.02. The number of carbonyl (C=O) groups is 1. The number of nitrogens with one attached hydrogen (secondary N) is 1. The molecule has 0 unspecified atom stereocenters. The van der Waals surface area contributed by atoms with Gasteiger partial charge in [-0.05, 0) is 43.0 Å². The molecule has 1 aromatic carbocycles. The minimum absolute atomic E-state index is 0.158. The number of hydrogen-bond acceptors (Lipinski definition) is 4. The van der Waals surface area contributed by atoms with Crippen molar-refractivity contribution in [1.82, 2.24) is 14.1 Å². The van der Waals surface area contributed by atoms with Crippen molar-refractivity contribution in [3.8, 4) is 0 Å². The van der Waals surface area contributed by atoms with E-state index in [1.807, 2.05) is 12.1 Å². The number of pyridine rings is 1. The third-order valence-electron chi connectivity index (χ3n) is 6.19. The topological polar surface area (TPSA) is 86.0 Å².